The SMILES string of the molecule is O=C(O)CN1CCN(CCC(=O)NCCC(=O)NNc2ccc(C(=O)NCC(=O)N3CCC[C@H]3B(O)O)cc2)CCN(CC(=O)O)CCN(CC(=O)O)CC1. The molecule has 1 atom stereocenters. The zero-order valence-corrected chi connectivity index (χ0v) is 30.7. The Hall–Kier alpha value is -4.87. The third-order valence-electron chi connectivity index (χ3n) is 9.19. The molecule has 21 nitrogen and oxygen atoms in total. The van der Waals surface area contributed by atoms with Crippen molar-refractivity contribution >= 4 is 54.3 Å². The summed E-state index contributed by atoms with van der Waals surface area (Å²) in [5.41, 5.74) is 5.96. The highest BCUT2D eigenvalue weighted by molar-refractivity contribution is 6.43. The van der Waals surface area contributed by atoms with Crippen molar-refractivity contribution in [1.29, 1.82) is 0 Å². The first-order chi connectivity index (χ1) is 26.2. The molecule has 2 saturated heterocycles. The van der Waals surface area contributed by atoms with E-state index in [0.29, 0.717) is 57.8 Å². The minimum atomic E-state index is -1.65. The summed E-state index contributed by atoms with van der Waals surface area (Å²) >= 11 is 0. The summed E-state index contributed by atoms with van der Waals surface area (Å²) in [6, 6.07) is 6.08. The molecule has 1 aromatic rings. The number of nitrogens with zero attached hydrogens (tertiary/aromatic N) is 5. The number of hydrazine groups is 1. The van der Waals surface area contributed by atoms with Gasteiger partial charge in [0.25, 0.3) is 5.91 Å². The summed E-state index contributed by atoms with van der Waals surface area (Å²) in [5.74, 6) is -5.46. The molecule has 22 heteroatoms. The topological polar surface area (TPSA) is 285 Å². The van der Waals surface area contributed by atoms with Crippen LogP contribution in [0.4, 0.5) is 5.69 Å². The average molecular weight is 778 g/mol. The molecule has 2 heterocycles. The highest BCUT2D eigenvalue weighted by Gasteiger charge is 2.36. The monoisotopic (exact) mass is 777 g/mol. The van der Waals surface area contributed by atoms with Gasteiger partial charge in [0.05, 0.1) is 37.8 Å². The zero-order chi connectivity index (χ0) is 40.3. The van der Waals surface area contributed by atoms with Gasteiger partial charge in [0.2, 0.25) is 17.7 Å². The van der Waals surface area contributed by atoms with E-state index in [1.165, 1.54) is 17.0 Å². The zero-order valence-electron chi connectivity index (χ0n) is 30.7. The Morgan fingerprint density at radius 3 is 1.65 bits per heavy atom. The second kappa shape index (κ2) is 23.1. The molecule has 4 amide bonds. The van der Waals surface area contributed by atoms with Crippen molar-refractivity contribution in [1.82, 2.24) is 40.6 Å². The number of carbonyl (C=O) groups is 7. The van der Waals surface area contributed by atoms with Crippen molar-refractivity contribution in [3.63, 3.8) is 0 Å². The molecule has 55 heavy (non-hydrogen) atoms. The number of aliphatic carboxylic acids is 3. The molecule has 0 radical (unpaired) electrons. The molecule has 0 unspecified atom stereocenters. The summed E-state index contributed by atoms with van der Waals surface area (Å²) in [5, 5.41) is 52.2. The minimum Gasteiger partial charge on any atom is -0.480 e. The highest BCUT2D eigenvalue weighted by Crippen LogP contribution is 2.18. The first kappa shape index (κ1) is 44.5. The fraction of sp³-hybridized carbons (Fsp3) is 0.606. The average Bonchev–Trinajstić information content (AvgIpc) is 3.63. The summed E-state index contributed by atoms with van der Waals surface area (Å²) in [7, 11) is -1.65. The summed E-state index contributed by atoms with van der Waals surface area (Å²) < 4.78 is 0. The number of benzene rings is 1. The van der Waals surface area contributed by atoms with Gasteiger partial charge in [0.15, 0.2) is 0 Å². The van der Waals surface area contributed by atoms with E-state index >= 15 is 0 Å². The lowest BCUT2D eigenvalue weighted by Gasteiger charge is -2.33. The Morgan fingerprint density at radius 1 is 0.655 bits per heavy atom. The number of likely N-dealkylation sites (tertiary alicyclic amines) is 1. The number of carbonyl (C=O) groups excluding carboxylic acids is 4. The molecule has 0 saturated carbocycles. The third-order valence-corrected chi connectivity index (χ3v) is 9.19. The molecule has 1 aromatic carbocycles. The molecule has 2 fully saturated rings. The smallest absolute Gasteiger partial charge is 0.475 e. The first-order valence-electron chi connectivity index (χ1n) is 18.1. The number of anilines is 1. The lowest BCUT2D eigenvalue weighted by Crippen LogP contribution is -2.48. The van der Waals surface area contributed by atoms with Crippen LogP contribution in [-0.4, -0.2) is 203 Å². The fourth-order valence-corrected chi connectivity index (χ4v) is 6.19. The Balaban J connectivity index is 1.40. The van der Waals surface area contributed by atoms with Gasteiger partial charge < -0.3 is 45.8 Å². The van der Waals surface area contributed by atoms with E-state index in [9.17, 15) is 58.9 Å². The number of nitrogens with one attached hydrogen (secondary N) is 4. The molecule has 0 aliphatic carbocycles. The number of carboxylic acids is 3. The Kier molecular flexibility index (Phi) is 18.7. The van der Waals surface area contributed by atoms with Crippen molar-refractivity contribution in [3.8, 4) is 0 Å². The highest BCUT2D eigenvalue weighted by atomic mass is 16.4. The van der Waals surface area contributed by atoms with Gasteiger partial charge in [-0.05, 0) is 37.1 Å². The van der Waals surface area contributed by atoms with Crippen LogP contribution >= 0.6 is 0 Å². The molecule has 2 aliphatic heterocycles. The number of amides is 4. The third kappa shape index (κ3) is 17.0. The number of carboxylic acid groups (broad SMARTS) is 3. The van der Waals surface area contributed by atoms with Gasteiger partial charge in [0, 0.05) is 90.4 Å². The maximum absolute atomic E-state index is 12.7. The van der Waals surface area contributed by atoms with Crippen LogP contribution in [0.1, 0.15) is 36.0 Å². The lowest BCUT2D eigenvalue weighted by molar-refractivity contribution is -0.140. The quantitative estimate of drug-likeness (QED) is 0.0511. The predicted molar refractivity (Wildman–Crippen MR) is 196 cm³/mol. The molecule has 9 N–H and O–H groups in total. The number of hydrogen-bond donors (Lipinski definition) is 9. The van der Waals surface area contributed by atoms with Crippen LogP contribution < -0.4 is 21.5 Å². The first-order valence-corrected chi connectivity index (χ1v) is 18.1. The van der Waals surface area contributed by atoms with Crippen LogP contribution in [-0.2, 0) is 28.8 Å². The summed E-state index contributed by atoms with van der Waals surface area (Å²) in [6.07, 6.45) is 1.13. The second-order valence-electron chi connectivity index (χ2n) is 13.3. The van der Waals surface area contributed by atoms with Crippen molar-refractivity contribution in [3.05, 3.63) is 29.8 Å². The van der Waals surface area contributed by atoms with E-state index in [4.69, 9.17) is 0 Å². The van der Waals surface area contributed by atoms with Gasteiger partial charge in [-0.25, -0.2) is 0 Å². The standard InChI is InChI=1S/C33H52BN9O12/c44-27(8-11-39-12-14-40(21-30(47)48)16-18-42(23-32(51)52)19-17-41(15-13-39)22-31(49)50)35-9-7-28(45)38-37-25-5-3-24(4-6-25)33(53)36-20-29(46)43-10-1-2-26(43)34(54)55/h3-6,26,37,54-55H,1-2,7-23H2,(H,35,44)(H,36,53)(H,38,45)(H,47,48)(H,49,50)(H,51,52)/t26-/m0/s1. The molecule has 304 valence electrons. The number of rotatable bonds is 18. The van der Waals surface area contributed by atoms with Crippen LogP contribution in [0.5, 0.6) is 0 Å². The van der Waals surface area contributed by atoms with E-state index in [-0.39, 0.29) is 83.2 Å². The van der Waals surface area contributed by atoms with Crippen LogP contribution in [0.15, 0.2) is 24.3 Å². The van der Waals surface area contributed by atoms with Gasteiger partial charge in [0.1, 0.15) is 0 Å². The minimum absolute atomic E-state index is 0.0463. The molecule has 3 rings (SSSR count). The van der Waals surface area contributed by atoms with Crippen LogP contribution in [0.3, 0.4) is 0 Å². The Labute approximate surface area is 318 Å². The predicted octanol–water partition coefficient (Wildman–Crippen LogP) is -3.77. The van der Waals surface area contributed by atoms with E-state index in [2.05, 4.69) is 21.5 Å². The van der Waals surface area contributed by atoms with Gasteiger partial charge >= 0.3 is 25.0 Å². The van der Waals surface area contributed by atoms with Gasteiger partial charge in [-0.2, -0.15) is 0 Å². The maximum atomic E-state index is 12.7. The van der Waals surface area contributed by atoms with Crippen molar-refractivity contribution in [2.24, 2.45) is 0 Å². The maximum Gasteiger partial charge on any atom is 0.475 e. The molecule has 0 bridgehead atoms. The number of hydrogen-bond acceptors (Lipinski definition) is 14. The summed E-state index contributed by atoms with van der Waals surface area (Å²) in [6.45, 7) is 2.23. The molecular weight excluding hydrogens is 725 g/mol. The molecular formula is C33H52BN9O12. The van der Waals surface area contributed by atoms with Crippen LogP contribution in [0.2, 0.25) is 0 Å². The Bertz CT molecular complexity index is 1440. The van der Waals surface area contributed by atoms with Crippen molar-refractivity contribution < 1.29 is 58.9 Å². The molecule has 0 aromatic heterocycles. The van der Waals surface area contributed by atoms with E-state index < -0.39 is 48.7 Å². The van der Waals surface area contributed by atoms with Crippen LogP contribution in [0, 0.1) is 0 Å². The van der Waals surface area contributed by atoms with Crippen LogP contribution in [0.25, 0.3) is 0 Å². The molecule has 0 spiro atoms. The van der Waals surface area contributed by atoms with E-state index in [1.807, 2.05) is 4.90 Å². The van der Waals surface area contributed by atoms with Crippen molar-refractivity contribution in [2.75, 3.05) is 104 Å². The summed E-state index contributed by atoms with van der Waals surface area (Å²) in [4.78, 5) is 92.7. The van der Waals surface area contributed by atoms with Gasteiger partial charge in [-0.3, -0.25) is 59.1 Å². The lowest BCUT2D eigenvalue weighted by atomic mass is 9.78. The second-order valence-corrected chi connectivity index (χ2v) is 13.3. The fourth-order valence-electron chi connectivity index (χ4n) is 6.19. The van der Waals surface area contributed by atoms with Gasteiger partial charge in [-0.1, -0.05) is 0 Å². The van der Waals surface area contributed by atoms with Crippen molar-refractivity contribution in [2.45, 2.75) is 31.6 Å². The van der Waals surface area contributed by atoms with E-state index in [0.717, 1.165) is 0 Å². The largest absolute Gasteiger partial charge is 0.480 e. The Morgan fingerprint density at radius 2 is 1.16 bits per heavy atom. The van der Waals surface area contributed by atoms with Gasteiger partial charge in [-0.15, -0.1) is 0 Å². The normalized spacial score (nSPS) is 18.0. The molecule has 2 aliphatic rings. The van der Waals surface area contributed by atoms with E-state index in [1.54, 1.807) is 26.8 Å².